The van der Waals surface area contributed by atoms with Gasteiger partial charge in [-0.1, -0.05) is 30.7 Å². The summed E-state index contributed by atoms with van der Waals surface area (Å²) in [5, 5.41) is 0.104. The molecule has 100 valence electrons. The van der Waals surface area contributed by atoms with Gasteiger partial charge in [0.1, 0.15) is 17.5 Å². The minimum atomic E-state index is -0.427. The predicted molar refractivity (Wildman–Crippen MR) is 74.8 cm³/mol. The lowest BCUT2D eigenvalue weighted by Crippen LogP contribution is -2.08. The van der Waals surface area contributed by atoms with Crippen molar-refractivity contribution in [2.45, 2.75) is 26.7 Å². The van der Waals surface area contributed by atoms with Gasteiger partial charge in [-0.3, -0.25) is 0 Å². The van der Waals surface area contributed by atoms with Crippen LogP contribution in [0.5, 0.6) is 0 Å². The smallest absolute Gasteiger partial charge is 0.145 e. The van der Waals surface area contributed by atoms with Gasteiger partial charge in [-0.05, 0) is 25.0 Å². The maximum atomic E-state index is 13.8. The van der Waals surface area contributed by atoms with E-state index in [0.717, 1.165) is 17.7 Å². The number of hydrogen-bond acceptors (Lipinski definition) is 3. The number of rotatable bonds is 3. The summed E-state index contributed by atoms with van der Waals surface area (Å²) in [5.74, 6) is 0.546. The first-order valence-corrected chi connectivity index (χ1v) is 6.45. The molecule has 5 heteroatoms. The molecular formula is C14H15ClFN3. The van der Waals surface area contributed by atoms with Gasteiger partial charge in [-0.25, -0.2) is 14.4 Å². The summed E-state index contributed by atoms with van der Waals surface area (Å²) in [4.78, 5) is 8.60. The molecule has 19 heavy (non-hydrogen) atoms. The summed E-state index contributed by atoms with van der Waals surface area (Å²) in [5.41, 5.74) is 8.13. The van der Waals surface area contributed by atoms with Crippen LogP contribution in [-0.4, -0.2) is 9.97 Å². The van der Waals surface area contributed by atoms with E-state index in [-0.39, 0.29) is 11.4 Å². The van der Waals surface area contributed by atoms with Crippen molar-refractivity contribution in [3.05, 3.63) is 51.7 Å². The van der Waals surface area contributed by atoms with Crippen molar-refractivity contribution in [2.24, 2.45) is 0 Å². The molecule has 0 saturated carbocycles. The van der Waals surface area contributed by atoms with Crippen LogP contribution in [-0.2, 0) is 12.8 Å². The van der Waals surface area contributed by atoms with Crippen LogP contribution in [0.3, 0.4) is 0 Å². The average molecular weight is 280 g/mol. The first-order valence-electron chi connectivity index (χ1n) is 6.07. The van der Waals surface area contributed by atoms with E-state index in [9.17, 15) is 4.39 Å². The molecular weight excluding hydrogens is 265 g/mol. The Balaban J connectivity index is 2.36. The normalized spacial score (nSPS) is 10.7. The fourth-order valence-electron chi connectivity index (χ4n) is 2.05. The Kier molecular flexibility index (Phi) is 4.00. The number of nitrogens with zero attached hydrogens (tertiary/aromatic N) is 2. The number of hydrogen-bond donors (Lipinski definition) is 1. The second-order valence-corrected chi connectivity index (χ2v) is 4.74. The molecule has 0 aliphatic rings. The van der Waals surface area contributed by atoms with Gasteiger partial charge in [0.15, 0.2) is 0 Å². The molecule has 0 spiro atoms. The minimum absolute atomic E-state index is 0.104. The molecule has 0 aliphatic heterocycles. The third-order valence-electron chi connectivity index (χ3n) is 3.03. The molecule has 0 amide bonds. The Morgan fingerprint density at radius 3 is 2.68 bits per heavy atom. The molecule has 1 aromatic carbocycles. The number of aryl methyl sites for hydroxylation is 1. The molecule has 0 aliphatic carbocycles. The minimum Gasteiger partial charge on any atom is -0.383 e. The first-order chi connectivity index (χ1) is 9.02. The number of anilines is 1. The van der Waals surface area contributed by atoms with Gasteiger partial charge in [0, 0.05) is 17.7 Å². The maximum Gasteiger partial charge on any atom is 0.145 e. The first kappa shape index (κ1) is 13.7. The van der Waals surface area contributed by atoms with Crippen LogP contribution in [0.15, 0.2) is 18.2 Å². The molecule has 2 aromatic rings. The lowest BCUT2D eigenvalue weighted by molar-refractivity contribution is 0.612. The molecule has 3 nitrogen and oxygen atoms in total. The molecule has 0 fully saturated rings. The van der Waals surface area contributed by atoms with Crippen molar-refractivity contribution in [1.82, 2.24) is 9.97 Å². The van der Waals surface area contributed by atoms with Crippen LogP contribution in [0.25, 0.3) is 0 Å². The molecule has 0 unspecified atom stereocenters. The lowest BCUT2D eigenvalue weighted by atomic mass is 10.1. The molecule has 2 rings (SSSR count). The third-order valence-corrected chi connectivity index (χ3v) is 3.32. The highest BCUT2D eigenvalue weighted by molar-refractivity contribution is 6.30. The number of halogens is 2. The van der Waals surface area contributed by atoms with Crippen molar-refractivity contribution in [3.63, 3.8) is 0 Å². The Hall–Kier alpha value is -1.68. The summed E-state index contributed by atoms with van der Waals surface area (Å²) in [6, 6.07) is 4.89. The van der Waals surface area contributed by atoms with Gasteiger partial charge in [-0.15, -0.1) is 0 Å². The molecule has 0 saturated heterocycles. The van der Waals surface area contributed by atoms with Crippen LogP contribution < -0.4 is 5.73 Å². The number of benzene rings is 1. The highest BCUT2D eigenvalue weighted by Crippen LogP contribution is 2.21. The number of aromatic nitrogens is 2. The van der Waals surface area contributed by atoms with Gasteiger partial charge >= 0.3 is 0 Å². The molecule has 1 aromatic heterocycles. The summed E-state index contributed by atoms with van der Waals surface area (Å²) >= 11 is 5.75. The van der Waals surface area contributed by atoms with Gasteiger partial charge in [-0.2, -0.15) is 0 Å². The fraction of sp³-hybridized carbons (Fsp3) is 0.286. The van der Waals surface area contributed by atoms with E-state index < -0.39 is 5.82 Å². The summed E-state index contributed by atoms with van der Waals surface area (Å²) in [7, 11) is 0. The molecule has 0 bridgehead atoms. The second kappa shape index (κ2) is 5.53. The Bertz CT molecular complexity index is 591. The summed E-state index contributed by atoms with van der Waals surface area (Å²) in [6.45, 7) is 3.88. The Labute approximate surface area is 116 Å². The fourth-order valence-corrected chi connectivity index (χ4v) is 2.24. The van der Waals surface area contributed by atoms with Crippen molar-refractivity contribution < 1.29 is 4.39 Å². The van der Waals surface area contributed by atoms with E-state index in [4.69, 9.17) is 17.3 Å². The van der Waals surface area contributed by atoms with E-state index >= 15 is 0 Å². The summed E-state index contributed by atoms with van der Waals surface area (Å²) < 4.78 is 13.8. The lowest BCUT2D eigenvalue weighted by Gasteiger charge is -2.09. The Morgan fingerprint density at radius 2 is 2.05 bits per heavy atom. The quantitative estimate of drug-likeness (QED) is 0.938. The average Bonchev–Trinajstić information content (AvgIpc) is 2.35. The number of nitrogens with two attached hydrogens (primary N) is 1. The van der Waals surface area contributed by atoms with E-state index in [0.29, 0.717) is 17.2 Å². The van der Waals surface area contributed by atoms with Crippen LogP contribution in [0.4, 0.5) is 10.2 Å². The van der Waals surface area contributed by atoms with E-state index in [1.807, 2.05) is 13.8 Å². The van der Waals surface area contributed by atoms with Gasteiger partial charge in [0.2, 0.25) is 0 Å². The van der Waals surface area contributed by atoms with Crippen LogP contribution in [0, 0.1) is 12.7 Å². The largest absolute Gasteiger partial charge is 0.383 e. The topological polar surface area (TPSA) is 51.8 Å². The van der Waals surface area contributed by atoms with E-state index in [2.05, 4.69) is 9.97 Å². The maximum absolute atomic E-state index is 13.8. The van der Waals surface area contributed by atoms with Gasteiger partial charge < -0.3 is 5.73 Å². The predicted octanol–water partition coefficient (Wildman–Crippen LogP) is 3.31. The van der Waals surface area contributed by atoms with Gasteiger partial charge in [0.05, 0.1) is 5.02 Å². The molecule has 0 radical (unpaired) electrons. The second-order valence-electron chi connectivity index (χ2n) is 4.33. The van der Waals surface area contributed by atoms with E-state index in [1.54, 1.807) is 12.1 Å². The van der Waals surface area contributed by atoms with E-state index in [1.165, 1.54) is 6.07 Å². The molecule has 2 N–H and O–H groups in total. The zero-order valence-electron chi connectivity index (χ0n) is 10.9. The highest BCUT2D eigenvalue weighted by atomic mass is 35.5. The molecule has 0 atom stereocenters. The van der Waals surface area contributed by atoms with Crippen LogP contribution in [0.2, 0.25) is 5.02 Å². The van der Waals surface area contributed by atoms with Crippen LogP contribution in [0.1, 0.15) is 29.6 Å². The van der Waals surface area contributed by atoms with Gasteiger partial charge in [0.25, 0.3) is 0 Å². The van der Waals surface area contributed by atoms with Crippen molar-refractivity contribution >= 4 is 17.4 Å². The monoisotopic (exact) mass is 279 g/mol. The van der Waals surface area contributed by atoms with Crippen LogP contribution >= 0.6 is 11.6 Å². The van der Waals surface area contributed by atoms with Crippen molar-refractivity contribution in [2.75, 3.05) is 5.73 Å². The zero-order chi connectivity index (χ0) is 14.0. The Morgan fingerprint density at radius 1 is 1.32 bits per heavy atom. The summed E-state index contributed by atoms with van der Waals surface area (Å²) in [6.07, 6.45) is 1.06. The molecule has 1 heterocycles. The van der Waals surface area contributed by atoms with Crippen molar-refractivity contribution in [1.29, 1.82) is 0 Å². The highest BCUT2D eigenvalue weighted by Gasteiger charge is 2.11. The third kappa shape index (κ3) is 2.84. The van der Waals surface area contributed by atoms with Crippen molar-refractivity contribution in [3.8, 4) is 0 Å². The standard InChI is InChI=1S/C14H15ClFN3/c1-3-10-8(2)18-12(19-14(10)17)7-9-5-4-6-11(15)13(9)16/h4-6H,3,7H2,1-2H3,(H2,17,18,19). The SMILES string of the molecule is CCc1c(C)nc(Cc2cccc(Cl)c2F)nc1N. The zero-order valence-corrected chi connectivity index (χ0v) is 11.6. The number of nitrogen functional groups attached to an aromatic ring is 1.